The normalized spacial score (nSPS) is 17.8. The summed E-state index contributed by atoms with van der Waals surface area (Å²) < 4.78 is 25.8. The highest BCUT2D eigenvalue weighted by Gasteiger charge is 2.22. The Balaban J connectivity index is 2.31. The van der Waals surface area contributed by atoms with Gasteiger partial charge < -0.3 is 10.6 Å². The van der Waals surface area contributed by atoms with Gasteiger partial charge >= 0.3 is 0 Å². The first kappa shape index (κ1) is 18.5. The molecule has 0 bridgehead atoms. The molecule has 1 aromatic rings. The van der Waals surface area contributed by atoms with E-state index in [1.165, 1.54) is 20.2 Å². The molecular formula is C17H25N3O3S. The van der Waals surface area contributed by atoms with E-state index >= 15 is 0 Å². The number of carbonyl (C=O) groups excluding carboxylic acids is 1. The molecule has 0 saturated heterocycles. The number of sulfonamides is 1. The van der Waals surface area contributed by atoms with Gasteiger partial charge in [-0.05, 0) is 44.4 Å². The molecule has 0 aliphatic heterocycles. The van der Waals surface area contributed by atoms with E-state index in [1.54, 1.807) is 12.1 Å². The summed E-state index contributed by atoms with van der Waals surface area (Å²) in [6.45, 7) is 2.62. The Labute approximate surface area is 144 Å². The lowest BCUT2D eigenvalue weighted by atomic mass is 9.93. The fourth-order valence-electron chi connectivity index (χ4n) is 2.61. The molecule has 7 heteroatoms. The highest BCUT2D eigenvalue weighted by atomic mass is 32.2. The molecule has 132 valence electrons. The first-order chi connectivity index (χ1) is 11.4. The molecule has 1 aliphatic rings. The Morgan fingerprint density at radius 3 is 2.58 bits per heavy atom. The highest BCUT2D eigenvalue weighted by Crippen LogP contribution is 2.28. The van der Waals surface area contributed by atoms with E-state index in [0.29, 0.717) is 12.2 Å². The summed E-state index contributed by atoms with van der Waals surface area (Å²) in [6.07, 6.45) is 6.53. The van der Waals surface area contributed by atoms with Crippen molar-refractivity contribution in [1.29, 1.82) is 0 Å². The number of anilines is 2. The van der Waals surface area contributed by atoms with Crippen molar-refractivity contribution in [3.05, 3.63) is 30.4 Å². The largest absolute Gasteiger partial charge is 0.384 e. The maximum atomic E-state index is 12.5. The van der Waals surface area contributed by atoms with Gasteiger partial charge in [0.05, 0.1) is 16.3 Å². The lowest BCUT2D eigenvalue weighted by molar-refractivity contribution is -0.120. The zero-order valence-electron chi connectivity index (χ0n) is 14.4. The van der Waals surface area contributed by atoms with Crippen molar-refractivity contribution in [3.63, 3.8) is 0 Å². The SMILES string of the molecule is CCNc1ccc(S(=O)(=O)N(C)C)cc1NC(=O)[C@H]1CC=CCC1. The zero-order chi connectivity index (χ0) is 17.7. The van der Waals surface area contributed by atoms with Crippen LogP contribution in [0.25, 0.3) is 0 Å². The minimum Gasteiger partial charge on any atom is -0.384 e. The van der Waals surface area contributed by atoms with Crippen molar-refractivity contribution in [1.82, 2.24) is 4.31 Å². The van der Waals surface area contributed by atoms with Crippen LogP contribution < -0.4 is 10.6 Å². The van der Waals surface area contributed by atoms with Gasteiger partial charge in [-0.3, -0.25) is 4.79 Å². The lowest BCUT2D eigenvalue weighted by Crippen LogP contribution is -2.25. The van der Waals surface area contributed by atoms with E-state index in [2.05, 4.69) is 16.7 Å². The van der Waals surface area contributed by atoms with Crippen molar-refractivity contribution < 1.29 is 13.2 Å². The van der Waals surface area contributed by atoms with Crippen LogP contribution in [-0.4, -0.2) is 39.3 Å². The number of allylic oxidation sites excluding steroid dienone is 2. The Bertz CT molecular complexity index is 727. The summed E-state index contributed by atoms with van der Waals surface area (Å²) in [7, 11) is -0.576. The summed E-state index contributed by atoms with van der Waals surface area (Å²) in [5.74, 6) is -0.142. The van der Waals surface area contributed by atoms with Crippen molar-refractivity contribution in [2.24, 2.45) is 5.92 Å². The fourth-order valence-corrected chi connectivity index (χ4v) is 3.54. The molecule has 2 rings (SSSR count). The molecule has 24 heavy (non-hydrogen) atoms. The third-order valence-electron chi connectivity index (χ3n) is 4.03. The second-order valence-corrected chi connectivity index (χ2v) is 8.15. The number of hydrogen-bond donors (Lipinski definition) is 2. The van der Waals surface area contributed by atoms with Crippen LogP contribution >= 0.6 is 0 Å². The van der Waals surface area contributed by atoms with E-state index < -0.39 is 10.0 Å². The Hall–Kier alpha value is -1.86. The molecule has 6 nitrogen and oxygen atoms in total. The van der Waals surface area contributed by atoms with Crippen LogP contribution in [0.4, 0.5) is 11.4 Å². The summed E-state index contributed by atoms with van der Waals surface area (Å²) in [4.78, 5) is 12.6. The molecule has 1 atom stereocenters. The molecule has 1 amide bonds. The quantitative estimate of drug-likeness (QED) is 0.773. The number of benzene rings is 1. The number of rotatable bonds is 6. The second kappa shape index (κ2) is 7.81. The first-order valence-corrected chi connectivity index (χ1v) is 9.56. The average Bonchev–Trinajstić information content (AvgIpc) is 2.57. The van der Waals surface area contributed by atoms with Crippen molar-refractivity contribution >= 4 is 27.3 Å². The second-order valence-electron chi connectivity index (χ2n) is 6.00. The maximum Gasteiger partial charge on any atom is 0.242 e. The van der Waals surface area contributed by atoms with Crippen LogP contribution in [0.1, 0.15) is 26.2 Å². The maximum absolute atomic E-state index is 12.5. The lowest BCUT2D eigenvalue weighted by Gasteiger charge is -2.20. The Morgan fingerprint density at radius 2 is 2.00 bits per heavy atom. The minimum atomic E-state index is -3.55. The minimum absolute atomic E-state index is 0.0708. The van der Waals surface area contributed by atoms with Crippen LogP contribution in [0.5, 0.6) is 0 Å². The van der Waals surface area contributed by atoms with Gasteiger partial charge in [-0.15, -0.1) is 0 Å². The van der Waals surface area contributed by atoms with Gasteiger partial charge in [-0.25, -0.2) is 12.7 Å². The predicted molar refractivity (Wildman–Crippen MR) is 96.6 cm³/mol. The topological polar surface area (TPSA) is 78.5 Å². The molecule has 0 radical (unpaired) electrons. The molecule has 0 aromatic heterocycles. The van der Waals surface area contributed by atoms with Crippen LogP contribution in [0, 0.1) is 5.92 Å². The summed E-state index contributed by atoms with van der Waals surface area (Å²) in [6, 6.07) is 4.76. The molecule has 0 unspecified atom stereocenters. The first-order valence-electron chi connectivity index (χ1n) is 8.12. The van der Waals surface area contributed by atoms with Crippen LogP contribution in [0.15, 0.2) is 35.2 Å². The van der Waals surface area contributed by atoms with Gasteiger partial charge in [-0.1, -0.05) is 12.2 Å². The Morgan fingerprint density at radius 1 is 1.25 bits per heavy atom. The van der Waals surface area contributed by atoms with Gasteiger partial charge in [-0.2, -0.15) is 0 Å². The van der Waals surface area contributed by atoms with E-state index in [0.717, 1.165) is 29.3 Å². The number of nitrogens with one attached hydrogen (secondary N) is 2. The number of hydrogen-bond acceptors (Lipinski definition) is 4. The van der Waals surface area contributed by atoms with Gasteiger partial charge in [0.25, 0.3) is 0 Å². The molecular weight excluding hydrogens is 326 g/mol. The van der Waals surface area contributed by atoms with E-state index in [9.17, 15) is 13.2 Å². The van der Waals surface area contributed by atoms with Crippen molar-refractivity contribution in [2.45, 2.75) is 31.1 Å². The average molecular weight is 351 g/mol. The molecule has 2 N–H and O–H groups in total. The van der Waals surface area contributed by atoms with Gasteiger partial charge in [0.15, 0.2) is 0 Å². The van der Waals surface area contributed by atoms with Crippen LogP contribution in [-0.2, 0) is 14.8 Å². The van der Waals surface area contributed by atoms with Gasteiger partial charge in [0.2, 0.25) is 15.9 Å². The van der Waals surface area contributed by atoms with Crippen molar-refractivity contribution in [3.8, 4) is 0 Å². The number of amides is 1. The van der Waals surface area contributed by atoms with Gasteiger partial charge in [0, 0.05) is 26.6 Å². The zero-order valence-corrected chi connectivity index (χ0v) is 15.2. The molecule has 0 spiro atoms. The third-order valence-corrected chi connectivity index (χ3v) is 5.85. The third kappa shape index (κ3) is 4.15. The molecule has 0 saturated carbocycles. The predicted octanol–water partition coefficient (Wildman–Crippen LogP) is 2.66. The fraction of sp³-hybridized carbons (Fsp3) is 0.471. The highest BCUT2D eigenvalue weighted by molar-refractivity contribution is 7.89. The van der Waals surface area contributed by atoms with Gasteiger partial charge in [0.1, 0.15) is 0 Å². The van der Waals surface area contributed by atoms with Crippen LogP contribution in [0.3, 0.4) is 0 Å². The standard InChI is InChI=1S/C17H25N3O3S/c1-4-18-15-11-10-14(24(22,23)20(2)3)12-16(15)19-17(21)13-8-6-5-7-9-13/h5-6,10-13,18H,4,7-9H2,1-3H3,(H,19,21)/t13-/m0/s1. The Kier molecular flexibility index (Phi) is 6.01. The molecule has 1 aromatic carbocycles. The summed E-state index contributed by atoms with van der Waals surface area (Å²) in [5, 5.41) is 6.05. The van der Waals surface area contributed by atoms with E-state index in [-0.39, 0.29) is 16.7 Å². The summed E-state index contributed by atoms with van der Waals surface area (Å²) >= 11 is 0. The smallest absolute Gasteiger partial charge is 0.242 e. The van der Waals surface area contributed by atoms with E-state index in [1.807, 2.05) is 13.0 Å². The number of carbonyl (C=O) groups is 1. The molecule has 0 fully saturated rings. The molecule has 0 heterocycles. The summed E-state index contributed by atoms with van der Waals surface area (Å²) in [5.41, 5.74) is 1.22. The van der Waals surface area contributed by atoms with E-state index in [4.69, 9.17) is 0 Å². The van der Waals surface area contributed by atoms with Crippen molar-refractivity contribution in [2.75, 3.05) is 31.3 Å². The van der Waals surface area contributed by atoms with Crippen LogP contribution in [0.2, 0.25) is 0 Å². The molecule has 1 aliphatic carbocycles. The number of nitrogens with zero attached hydrogens (tertiary/aromatic N) is 1. The monoisotopic (exact) mass is 351 g/mol.